The molecule has 125 valence electrons. The maximum atomic E-state index is 4.24. The highest BCUT2D eigenvalue weighted by atomic mass is 14.1. The summed E-state index contributed by atoms with van der Waals surface area (Å²) < 4.78 is 0. The lowest BCUT2D eigenvalue weighted by molar-refractivity contribution is 0.677. The number of hydrogen-bond donors (Lipinski definition) is 0. The van der Waals surface area contributed by atoms with E-state index >= 15 is 0 Å². The third-order valence-corrected chi connectivity index (χ3v) is 4.62. The van der Waals surface area contributed by atoms with Gasteiger partial charge in [0.15, 0.2) is 0 Å². The predicted octanol–water partition coefficient (Wildman–Crippen LogP) is 7.07. The first-order chi connectivity index (χ1) is 10.7. The highest BCUT2D eigenvalue weighted by molar-refractivity contribution is 5.41. The molecule has 1 aromatic carbocycles. The summed E-state index contributed by atoms with van der Waals surface area (Å²) in [4.78, 5) is 0. The van der Waals surface area contributed by atoms with Crippen LogP contribution in [-0.2, 0) is 19.3 Å². The van der Waals surface area contributed by atoms with E-state index in [4.69, 9.17) is 0 Å². The summed E-state index contributed by atoms with van der Waals surface area (Å²) >= 11 is 0. The van der Waals surface area contributed by atoms with Gasteiger partial charge in [-0.25, -0.2) is 0 Å². The summed E-state index contributed by atoms with van der Waals surface area (Å²) in [5.74, 6) is 0. The standard InChI is InChI=1S/C22H37/c1-5-8-11-14-20-17-19(4)18-21(15-12-9-6-2)22(20)16-13-10-7-3/h17-18H,4-16H2,1-3H3. The van der Waals surface area contributed by atoms with Gasteiger partial charge in [-0.2, -0.15) is 0 Å². The van der Waals surface area contributed by atoms with Gasteiger partial charge < -0.3 is 0 Å². The SMILES string of the molecule is [CH2]c1cc(CCCCC)c(CCCCC)c(CCCCC)c1. The lowest BCUT2D eigenvalue weighted by atomic mass is 9.89. The van der Waals surface area contributed by atoms with E-state index in [0.717, 1.165) is 0 Å². The molecule has 0 unspecified atom stereocenters. The minimum absolute atomic E-state index is 1.22. The molecule has 1 aromatic rings. The van der Waals surface area contributed by atoms with E-state index in [1.165, 1.54) is 82.6 Å². The molecule has 0 bridgehead atoms. The maximum absolute atomic E-state index is 4.24. The Hall–Kier alpha value is -0.780. The van der Waals surface area contributed by atoms with Crippen LogP contribution in [0.4, 0.5) is 0 Å². The van der Waals surface area contributed by atoms with E-state index in [1.54, 1.807) is 16.7 Å². The monoisotopic (exact) mass is 301 g/mol. The van der Waals surface area contributed by atoms with E-state index < -0.39 is 0 Å². The van der Waals surface area contributed by atoms with Gasteiger partial charge in [0, 0.05) is 0 Å². The largest absolute Gasteiger partial charge is 0.0654 e. The highest BCUT2D eigenvalue weighted by Gasteiger charge is 2.10. The molecule has 0 saturated carbocycles. The molecular formula is C22H37. The second kappa shape index (κ2) is 11.7. The Kier molecular flexibility index (Phi) is 10.3. The Labute approximate surface area is 139 Å². The zero-order valence-corrected chi connectivity index (χ0v) is 15.3. The predicted molar refractivity (Wildman–Crippen MR) is 101 cm³/mol. The molecule has 1 rings (SSSR count). The third kappa shape index (κ3) is 6.99. The molecule has 1 radical (unpaired) electrons. The zero-order valence-electron chi connectivity index (χ0n) is 15.3. The van der Waals surface area contributed by atoms with Crippen LogP contribution in [0.25, 0.3) is 0 Å². The first kappa shape index (κ1) is 19.3. The molecule has 0 fully saturated rings. The van der Waals surface area contributed by atoms with Gasteiger partial charge in [0.05, 0.1) is 0 Å². The van der Waals surface area contributed by atoms with Crippen molar-refractivity contribution >= 4 is 0 Å². The van der Waals surface area contributed by atoms with Crippen LogP contribution in [0, 0.1) is 6.92 Å². The Morgan fingerprint density at radius 1 is 0.636 bits per heavy atom. The van der Waals surface area contributed by atoms with E-state index in [1.807, 2.05) is 0 Å². The van der Waals surface area contributed by atoms with Gasteiger partial charge in [-0.15, -0.1) is 0 Å². The van der Waals surface area contributed by atoms with Crippen molar-refractivity contribution in [3.05, 3.63) is 41.3 Å². The average molecular weight is 302 g/mol. The number of rotatable bonds is 12. The maximum Gasteiger partial charge on any atom is -0.0238 e. The van der Waals surface area contributed by atoms with Crippen molar-refractivity contribution < 1.29 is 0 Å². The topological polar surface area (TPSA) is 0 Å². The molecule has 0 heteroatoms. The minimum Gasteiger partial charge on any atom is -0.0654 e. The molecular weight excluding hydrogens is 264 g/mol. The van der Waals surface area contributed by atoms with Gasteiger partial charge in [-0.1, -0.05) is 71.4 Å². The van der Waals surface area contributed by atoms with Crippen molar-refractivity contribution in [1.82, 2.24) is 0 Å². The van der Waals surface area contributed by atoms with Crippen LogP contribution in [0.15, 0.2) is 12.1 Å². The van der Waals surface area contributed by atoms with E-state index in [0.29, 0.717) is 0 Å². The second-order valence-corrected chi connectivity index (χ2v) is 6.76. The summed E-state index contributed by atoms with van der Waals surface area (Å²) in [5.41, 5.74) is 6.09. The first-order valence-electron chi connectivity index (χ1n) is 9.69. The Balaban J connectivity index is 2.88. The number of unbranched alkanes of at least 4 members (excludes halogenated alkanes) is 6. The molecule has 0 atom stereocenters. The zero-order chi connectivity index (χ0) is 16.2. The van der Waals surface area contributed by atoms with Crippen LogP contribution in [-0.4, -0.2) is 0 Å². The fourth-order valence-corrected chi connectivity index (χ4v) is 3.32. The van der Waals surface area contributed by atoms with Gasteiger partial charge >= 0.3 is 0 Å². The van der Waals surface area contributed by atoms with Crippen LogP contribution in [0.2, 0.25) is 0 Å². The Bertz CT molecular complexity index is 371. The summed E-state index contributed by atoms with van der Waals surface area (Å²) in [7, 11) is 0. The van der Waals surface area contributed by atoms with E-state index in [2.05, 4.69) is 39.8 Å². The van der Waals surface area contributed by atoms with Gasteiger partial charge in [0.2, 0.25) is 0 Å². The lowest BCUT2D eigenvalue weighted by Gasteiger charge is -2.17. The van der Waals surface area contributed by atoms with Gasteiger partial charge in [-0.05, 0) is 67.7 Å². The Morgan fingerprint density at radius 3 is 1.45 bits per heavy atom. The van der Waals surface area contributed by atoms with Crippen molar-refractivity contribution in [2.45, 2.75) is 97.8 Å². The van der Waals surface area contributed by atoms with Crippen molar-refractivity contribution in [3.63, 3.8) is 0 Å². The summed E-state index contributed by atoms with van der Waals surface area (Å²) in [6.07, 6.45) is 15.7. The number of hydrogen-bond acceptors (Lipinski definition) is 0. The van der Waals surface area contributed by atoms with E-state index in [9.17, 15) is 0 Å². The third-order valence-electron chi connectivity index (χ3n) is 4.62. The minimum atomic E-state index is 1.22. The summed E-state index contributed by atoms with van der Waals surface area (Å²) in [6, 6.07) is 4.72. The number of aryl methyl sites for hydroxylation is 2. The molecule has 0 aliphatic heterocycles. The second-order valence-electron chi connectivity index (χ2n) is 6.76. The molecule has 22 heavy (non-hydrogen) atoms. The molecule has 0 spiro atoms. The van der Waals surface area contributed by atoms with Crippen LogP contribution in [0.5, 0.6) is 0 Å². The van der Waals surface area contributed by atoms with E-state index in [-0.39, 0.29) is 0 Å². The normalized spacial score (nSPS) is 11.1. The number of benzene rings is 1. The highest BCUT2D eigenvalue weighted by Crippen LogP contribution is 2.24. The molecule has 0 saturated heterocycles. The fraction of sp³-hybridized carbons (Fsp3) is 0.682. The van der Waals surface area contributed by atoms with Crippen LogP contribution in [0.1, 0.15) is 101 Å². The molecule has 0 aromatic heterocycles. The quantitative estimate of drug-likeness (QED) is 0.362. The first-order valence-corrected chi connectivity index (χ1v) is 9.69. The van der Waals surface area contributed by atoms with Crippen LogP contribution >= 0.6 is 0 Å². The molecule has 0 amide bonds. The van der Waals surface area contributed by atoms with Crippen molar-refractivity contribution in [1.29, 1.82) is 0 Å². The molecule has 0 aliphatic carbocycles. The van der Waals surface area contributed by atoms with Gasteiger partial charge in [-0.3, -0.25) is 0 Å². The summed E-state index contributed by atoms with van der Waals surface area (Å²) in [6.45, 7) is 11.1. The van der Waals surface area contributed by atoms with Crippen molar-refractivity contribution in [3.8, 4) is 0 Å². The average Bonchev–Trinajstić information content (AvgIpc) is 2.50. The smallest absolute Gasteiger partial charge is 0.0238 e. The molecule has 0 N–H and O–H groups in total. The lowest BCUT2D eigenvalue weighted by Crippen LogP contribution is -2.03. The molecule has 0 aliphatic rings. The fourth-order valence-electron chi connectivity index (χ4n) is 3.32. The summed E-state index contributed by atoms with van der Waals surface area (Å²) in [5, 5.41) is 0. The van der Waals surface area contributed by atoms with Crippen molar-refractivity contribution in [2.24, 2.45) is 0 Å². The van der Waals surface area contributed by atoms with Crippen LogP contribution in [0.3, 0.4) is 0 Å². The van der Waals surface area contributed by atoms with Gasteiger partial charge in [0.1, 0.15) is 0 Å². The Morgan fingerprint density at radius 2 is 1.05 bits per heavy atom. The van der Waals surface area contributed by atoms with Gasteiger partial charge in [0.25, 0.3) is 0 Å². The van der Waals surface area contributed by atoms with Crippen molar-refractivity contribution in [2.75, 3.05) is 0 Å². The van der Waals surface area contributed by atoms with Crippen LogP contribution < -0.4 is 0 Å². The molecule has 0 heterocycles. The molecule has 0 nitrogen and oxygen atoms in total.